The molecule has 0 bridgehead atoms. The molecule has 0 radical (unpaired) electrons. The fourth-order valence-electron chi connectivity index (χ4n) is 2.60. The number of hydrogen-bond donors (Lipinski definition) is 1. The van der Waals surface area contributed by atoms with Gasteiger partial charge in [0.1, 0.15) is 0 Å². The second-order valence-corrected chi connectivity index (χ2v) is 5.80. The SMILES string of the molecule is CC(Cl)c1ccccc1NCc1nn(C)c2ccccc12. The molecule has 3 nitrogen and oxygen atoms in total. The van der Waals surface area contributed by atoms with E-state index in [-0.39, 0.29) is 5.38 Å². The van der Waals surface area contributed by atoms with Gasteiger partial charge in [0, 0.05) is 18.1 Å². The Balaban J connectivity index is 1.88. The molecule has 0 saturated heterocycles. The molecule has 0 aliphatic rings. The van der Waals surface area contributed by atoms with E-state index in [0.717, 1.165) is 22.5 Å². The number of aromatic nitrogens is 2. The van der Waals surface area contributed by atoms with Gasteiger partial charge in [-0.2, -0.15) is 5.10 Å². The monoisotopic (exact) mass is 299 g/mol. The zero-order chi connectivity index (χ0) is 14.8. The van der Waals surface area contributed by atoms with Crippen LogP contribution in [-0.2, 0) is 13.6 Å². The van der Waals surface area contributed by atoms with Crippen molar-refractivity contribution in [1.29, 1.82) is 0 Å². The summed E-state index contributed by atoms with van der Waals surface area (Å²) in [6.45, 7) is 2.67. The topological polar surface area (TPSA) is 29.9 Å². The molecule has 0 amide bonds. The first-order valence-corrected chi connectivity index (χ1v) is 7.48. The lowest BCUT2D eigenvalue weighted by atomic mass is 10.1. The second-order valence-electron chi connectivity index (χ2n) is 5.14. The Morgan fingerprint density at radius 1 is 1.14 bits per heavy atom. The molecule has 0 aliphatic carbocycles. The highest BCUT2D eigenvalue weighted by molar-refractivity contribution is 6.21. The molecule has 0 spiro atoms. The van der Waals surface area contributed by atoms with E-state index in [1.165, 1.54) is 5.39 Å². The molecule has 0 aliphatic heterocycles. The van der Waals surface area contributed by atoms with Gasteiger partial charge in [-0.25, -0.2) is 0 Å². The van der Waals surface area contributed by atoms with Crippen molar-refractivity contribution < 1.29 is 0 Å². The molecule has 0 saturated carbocycles. The van der Waals surface area contributed by atoms with Crippen LogP contribution in [0.3, 0.4) is 0 Å². The number of fused-ring (bicyclic) bond motifs is 1. The molecule has 3 rings (SSSR count). The molecular formula is C17H18ClN3. The summed E-state index contributed by atoms with van der Waals surface area (Å²) in [5.74, 6) is 0. The van der Waals surface area contributed by atoms with Crippen LogP contribution in [0.5, 0.6) is 0 Å². The van der Waals surface area contributed by atoms with Crippen molar-refractivity contribution in [2.24, 2.45) is 7.05 Å². The number of alkyl halides is 1. The highest BCUT2D eigenvalue weighted by atomic mass is 35.5. The minimum absolute atomic E-state index is 0.0193. The van der Waals surface area contributed by atoms with E-state index in [2.05, 4.69) is 34.7 Å². The predicted octanol–water partition coefficient (Wildman–Crippen LogP) is 4.49. The van der Waals surface area contributed by atoms with E-state index in [4.69, 9.17) is 11.6 Å². The Morgan fingerprint density at radius 3 is 2.67 bits per heavy atom. The van der Waals surface area contributed by atoms with Crippen molar-refractivity contribution in [2.45, 2.75) is 18.8 Å². The summed E-state index contributed by atoms with van der Waals surface area (Å²) >= 11 is 6.23. The molecule has 1 aromatic heterocycles. The number of para-hydroxylation sites is 2. The van der Waals surface area contributed by atoms with Crippen LogP contribution in [0.4, 0.5) is 5.69 Å². The lowest BCUT2D eigenvalue weighted by molar-refractivity contribution is 0.771. The van der Waals surface area contributed by atoms with E-state index in [1.54, 1.807) is 0 Å². The highest BCUT2D eigenvalue weighted by Gasteiger charge is 2.10. The van der Waals surface area contributed by atoms with Gasteiger partial charge < -0.3 is 5.32 Å². The molecule has 3 aromatic rings. The summed E-state index contributed by atoms with van der Waals surface area (Å²) in [6, 6.07) is 16.4. The molecule has 1 atom stereocenters. The Labute approximate surface area is 129 Å². The van der Waals surface area contributed by atoms with E-state index in [1.807, 2.05) is 42.9 Å². The quantitative estimate of drug-likeness (QED) is 0.720. The number of aryl methyl sites for hydroxylation is 1. The lowest BCUT2D eigenvalue weighted by Crippen LogP contribution is -2.04. The third kappa shape index (κ3) is 2.74. The number of benzene rings is 2. The number of anilines is 1. The van der Waals surface area contributed by atoms with E-state index in [0.29, 0.717) is 6.54 Å². The molecule has 1 N–H and O–H groups in total. The van der Waals surface area contributed by atoms with Crippen molar-refractivity contribution in [3.8, 4) is 0 Å². The largest absolute Gasteiger partial charge is 0.379 e. The molecule has 1 heterocycles. The van der Waals surface area contributed by atoms with Gasteiger partial charge in [0.05, 0.1) is 23.1 Å². The second kappa shape index (κ2) is 5.78. The van der Waals surface area contributed by atoms with Crippen molar-refractivity contribution in [3.63, 3.8) is 0 Å². The maximum atomic E-state index is 6.23. The first-order chi connectivity index (χ1) is 10.2. The van der Waals surface area contributed by atoms with Gasteiger partial charge in [0.25, 0.3) is 0 Å². The zero-order valence-electron chi connectivity index (χ0n) is 12.2. The zero-order valence-corrected chi connectivity index (χ0v) is 12.9. The minimum atomic E-state index is -0.0193. The molecule has 4 heteroatoms. The minimum Gasteiger partial charge on any atom is -0.379 e. The average Bonchev–Trinajstić information content (AvgIpc) is 2.82. The summed E-state index contributed by atoms with van der Waals surface area (Å²) in [4.78, 5) is 0. The molecule has 21 heavy (non-hydrogen) atoms. The number of rotatable bonds is 4. The van der Waals surface area contributed by atoms with Crippen LogP contribution in [0.25, 0.3) is 10.9 Å². The first kappa shape index (κ1) is 14.0. The van der Waals surface area contributed by atoms with Crippen LogP contribution in [-0.4, -0.2) is 9.78 Å². The summed E-state index contributed by atoms with van der Waals surface area (Å²) in [6.07, 6.45) is 0. The number of nitrogens with zero attached hydrogens (tertiary/aromatic N) is 2. The Kier molecular flexibility index (Phi) is 3.84. The van der Waals surface area contributed by atoms with Crippen LogP contribution in [0.2, 0.25) is 0 Å². The number of nitrogens with one attached hydrogen (secondary N) is 1. The standard InChI is InChI=1S/C17H18ClN3/c1-12(18)13-7-3-5-9-15(13)19-11-16-14-8-4-6-10-17(14)21(2)20-16/h3-10,12,19H,11H2,1-2H3. The number of hydrogen-bond acceptors (Lipinski definition) is 2. The van der Waals surface area contributed by atoms with Crippen molar-refractivity contribution in [3.05, 3.63) is 59.8 Å². The van der Waals surface area contributed by atoms with E-state index < -0.39 is 0 Å². The summed E-state index contributed by atoms with van der Waals surface area (Å²) in [5.41, 5.74) is 4.37. The van der Waals surface area contributed by atoms with E-state index in [9.17, 15) is 0 Å². The third-order valence-corrected chi connectivity index (χ3v) is 3.91. The van der Waals surface area contributed by atoms with Crippen LogP contribution in [0, 0.1) is 0 Å². The maximum Gasteiger partial charge on any atom is 0.0894 e. The van der Waals surface area contributed by atoms with Gasteiger partial charge in [0.15, 0.2) is 0 Å². The summed E-state index contributed by atoms with van der Waals surface area (Å²) in [7, 11) is 1.97. The third-order valence-electron chi connectivity index (χ3n) is 3.67. The van der Waals surface area contributed by atoms with Crippen molar-refractivity contribution in [2.75, 3.05) is 5.32 Å². The van der Waals surface area contributed by atoms with Gasteiger partial charge in [0.2, 0.25) is 0 Å². The van der Waals surface area contributed by atoms with Crippen LogP contribution in [0.15, 0.2) is 48.5 Å². The fourth-order valence-corrected chi connectivity index (χ4v) is 2.79. The van der Waals surface area contributed by atoms with Gasteiger partial charge in [-0.05, 0) is 24.6 Å². The number of halogens is 1. The van der Waals surface area contributed by atoms with Gasteiger partial charge in [-0.3, -0.25) is 4.68 Å². The summed E-state index contributed by atoms with van der Waals surface area (Å²) in [5, 5.41) is 9.22. The van der Waals surface area contributed by atoms with Gasteiger partial charge >= 0.3 is 0 Å². The molecular weight excluding hydrogens is 282 g/mol. The predicted molar refractivity (Wildman–Crippen MR) is 88.8 cm³/mol. The lowest BCUT2D eigenvalue weighted by Gasteiger charge is -2.12. The fraction of sp³-hybridized carbons (Fsp3) is 0.235. The van der Waals surface area contributed by atoms with Gasteiger partial charge in [-0.15, -0.1) is 11.6 Å². The van der Waals surface area contributed by atoms with E-state index >= 15 is 0 Å². The highest BCUT2D eigenvalue weighted by Crippen LogP contribution is 2.28. The summed E-state index contributed by atoms with van der Waals surface area (Å²) < 4.78 is 1.92. The first-order valence-electron chi connectivity index (χ1n) is 7.04. The average molecular weight is 300 g/mol. The van der Waals surface area contributed by atoms with Crippen LogP contribution >= 0.6 is 11.6 Å². The Bertz CT molecular complexity index is 762. The molecule has 108 valence electrons. The molecule has 1 unspecified atom stereocenters. The van der Waals surface area contributed by atoms with Crippen molar-refractivity contribution >= 4 is 28.2 Å². The van der Waals surface area contributed by atoms with Gasteiger partial charge in [-0.1, -0.05) is 36.4 Å². The maximum absolute atomic E-state index is 6.23. The Hall–Kier alpha value is -2.00. The Morgan fingerprint density at radius 2 is 1.86 bits per heavy atom. The molecule has 2 aromatic carbocycles. The smallest absolute Gasteiger partial charge is 0.0894 e. The van der Waals surface area contributed by atoms with Crippen molar-refractivity contribution in [1.82, 2.24) is 9.78 Å². The molecule has 0 fully saturated rings. The van der Waals surface area contributed by atoms with Crippen LogP contribution < -0.4 is 5.32 Å². The normalized spacial score (nSPS) is 12.5. The van der Waals surface area contributed by atoms with Crippen LogP contribution in [0.1, 0.15) is 23.6 Å².